The van der Waals surface area contributed by atoms with Gasteiger partial charge in [0.2, 0.25) is 11.8 Å². The molecule has 0 aliphatic heterocycles. The van der Waals surface area contributed by atoms with Crippen molar-refractivity contribution >= 4 is 17.9 Å². The van der Waals surface area contributed by atoms with Crippen LogP contribution in [0.2, 0.25) is 0 Å². The van der Waals surface area contributed by atoms with Crippen LogP contribution >= 0.6 is 0 Å². The number of amides is 3. The van der Waals surface area contributed by atoms with Crippen LogP contribution in [0.3, 0.4) is 0 Å². The summed E-state index contributed by atoms with van der Waals surface area (Å²) in [4.78, 5) is 40.4. The van der Waals surface area contributed by atoms with Gasteiger partial charge in [-0.3, -0.25) is 9.59 Å². The number of rotatable bonds is 11. The van der Waals surface area contributed by atoms with Crippen LogP contribution < -0.4 is 16.0 Å². The molecule has 3 amide bonds. The molecule has 3 N–H and O–H groups in total. The van der Waals surface area contributed by atoms with Crippen molar-refractivity contribution in [2.45, 2.75) is 57.2 Å². The normalized spacial score (nSPS) is 12.8. The third-order valence-corrected chi connectivity index (χ3v) is 7.30. The van der Waals surface area contributed by atoms with Gasteiger partial charge in [0.15, 0.2) is 0 Å². The highest BCUT2D eigenvalue weighted by Crippen LogP contribution is 2.37. The summed E-state index contributed by atoms with van der Waals surface area (Å²) in [7, 11) is 0. The molecule has 0 aromatic heterocycles. The molecule has 4 aromatic carbocycles. The SMILES string of the molecule is C[C@@H](CNC(=O)[C@@H](CC(=O)NC(c1ccccc1)(c1ccccc1)c1ccccc1)NC(=O)OC(C)(C)C)c1ccccc1. The van der Waals surface area contributed by atoms with Gasteiger partial charge in [-0.25, -0.2) is 4.79 Å². The van der Waals surface area contributed by atoms with E-state index < -0.39 is 35.1 Å². The molecule has 0 heterocycles. The Balaban J connectivity index is 1.64. The van der Waals surface area contributed by atoms with E-state index in [1.165, 1.54) is 0 Å². The molecule has 0 aliphatic rings. The number of hydrogen-bond acceptors (Lipinski definition) is 4. The molecule has 0 aliphatic carbocycles. The number of hydrogen-bond donors (Lipinski definition) is 3. The quantitative estimate of drug-likeness (QED) is 0.179. The number of carbonyl (C=O) groups is 3. The van der Waals surface area contributed by atoms with Crippen LogP contribution in [0, 0.1) is 0 Å². The van der Waals surface area contributed by atoms with E-state index in [-0.39, 0.29) is 12.3 Å². The fourth-order valence-corrected chi connectivity index (χ4v) is 5.16. The van der Waals surface area contributed by atoms with Crippen molar-refractivity contribution in [2.24, 2.45) is 0 Å². The average Bonchev–Trinajstić information content (AvgIpc) is 3.02. The highest BCUT2D eigenvalue weighted by molar-refractivity contribution is 5.91. The van der Waals surface area contributed by atoms with Gasteiger partial charge in [-0.1, -0.05) is 128 Å². The molecule has 0 saturated carbocycles. The van der Waals surface area contributed by atoms with Crippen LogP contribution in [-0.2, 0) is 19.9 Å². The second-order valence-corrected chi connectivity index (χ2v) is 11.9. The van der Waals surface area contributed by atoms with Crippen LogP contribution in [0.5, 0.6) is 0 Å². The van der Waals surface area contributed by atoms with E-state index in [4.69, 9.17) is 4.74 Å². The summed E-state index contributed by atoms with van der Waals surface area (Å²) in [5.41, 5.74) is 1.78. The van der Waals surface area contributed by atoms with E-state index in [1.54, 1.807) is 20.8 Å². The fraction of sp³-hybridized carbons (Fsp3) is 0.270. The zero-order chi connectivity index (χ0) is 31.6. The van der Waals surface area contributed by atoms with E-state index in [1.807, 2.05) is 128 Å². The van der Waals surface area contributed by atoms with Crippen LogP contribution in [0.4, 0.5) is 4.79 Å². The minimum Gasteiger partial charge on any atom is -0.444 e. The monoisotopic (exact) mass is 591 g/mol. The van der Waals surface area contributed by atoms with Crippen molar-refractivity contribution < 1.29 is 19.1 Å². The molecule has 4 aromatic rings. The van der Waals surface area contributed by atoms with Gasteiger partial charge in [-0.05, 0) is 48.9 Å². The summed E-state index contributed by atoms with van der Waals surface area (Å²) in [5.74, 6) is -0.870. The van der Waals surface area contributed by atoms with Gasteiger partial charge in [0.25, 0.3) is 0 Å². The Bertz CT molecular complexity index is 1410. The molecule has 228 valence electrons. The summed E-state index contributed by atoms with van der Waals surface area (Å²) >= 11 is 0. The van der Waals surface area contributed by atoms with Gasteiger partial charge in [0.05, 0.1) is 6.42 Å². The van der Waals surface area contributed by atoms with Crippen molar-refractivity contribution in [2.75, 3.05) is 6.54 Å². The molecule has 0 saturated heterocycles. The van der Waals surface area contributed by atoms with Crippen LogP contribution in [0.1, 0.15) is 62.3 Å². The maximum atomic E-state index is 14.0. The average molecular weight is 592 g/mol. The number of carbonyl (C=O) groups excluding carboxylic acids is 3. The first-order valence-corrected chi connectivity index (χ1v) is 14.9. The number of ether oxygens (including phenoxy) is 1. The van der Waals surface area contributed by atoms with Gasteiger partial charge in [-0.2, -0.15) is 0 Å². The third kappa shape index (κ3) is 8.34. The molecule has 0 radical (unpaired) electrons. The van der Waals surface area contributed by atoms with E-state index in [2.05, 4.69) is 16.0 Å². The maximum absolute atomic E-state index is 14.0. The summed E-state index contributed by atoms with van der Waals surface area (Å²) in [5, 5.41) is 8.83. The number of alkyl carbamates (subject to hydrolysis) is 1. The first-order valence-electron chi connectivity index (χ1n) is 14.9. The molecule has 2 atom stereocenters. The number of nitrogens with one attached hydrogen (secondary N) is 3. The van der Waals surface area contributed by atoms with E-state index >= 15 is 0 Å². The van der Waals surface area contributed by atoms with E-state index in [0.717, 1.165) is 22.3 Å². The standard InChI is InChI=1S/C37H41N3O4/c1-27(28-17-9-5-10-18-28)26-38-34(42)32(39-35(43)44-36(2,3)4)25-33(41)40-37(29-19-11-6-12-20-29,30-21-13-7-14-22-30)31-23-15-8-16-24-31/h5-24,27,32H,25-26H2,1-4H3,(H,38,42)(H,39,43)(H,40,41)/t27-,32+/m0/s1. The van der Waals surface area contributed by atoms with Crippen molar-refractivity contribution in [1.82, 2.24) is 16.0 Å². The second-order valence-electron chi connectivity index (χ2n) is 11.9. The summed E-state index contributed by atoms with van der Waals surface area (Å²) in [6.07, 6.45) is -1.08. The lowest BCUT2D eigenvalue weighted by Crippen LogP contribution is -2.53. The number of benzene rings is 4. The van der Waals surface area contributed by atoms with Crippen LogP contribution in [0.25, 0.3) is 0 Å². The largest absolute Gasteiger partial charge is 0.444 e. The maximum Gasteiger partial charge on any atom is 0.408 e. The van der Waals surface area contributed by atoms with Crippen molar-refractivity contribution in [1.29, 1.82) is 0 Å². The highest BCUT2D eigenvalue weighted by Gasteiger charge is 2.39. The summed E-state index contributed by atoms with van der Waals surface area (Å²) < 4.78 is 5.44. The van der Waals surface area contributed by atoms with Gasteiger partial charge in [0, 0.05) is 6.54 Å². The third-order valence-electron chi connectivity index (χ3n) is 7.30. The van der Waals surface area contributed by atoms with Gasteiger partial charge in [-0.15, -0.1) is 0 Å². The van der Waals surface area contributed by atoms with Gasteiger partial charge < -0.3 is 20.7 Å². The van der Waals surface area contributed by atoms with Crippen molar-refractivity contribution in [3.8, 4) is 0 Å². The Hall–Kier alpha value is -4.91. The summed E-state index contributed by atoms with van der Waals surface area (Å²) in [6, 6.07) is 37.8. The molecule has 7 nitrogen and oxygen atoms in total. The van der Waals surface area contributed by atoms with Crippen molar-refractivity contribution in [3.63, 3.8) is 0 Å². The van der Waals surface area contributed by atoms with E-state index in [9.17, 15) is 14.4 Å². The Morgan fingerprint density at radius 3 is 1.55 bits per heavy atom. The fourth-order valence-electron chi connectivity index (χ4n) is 5.16. The van der Waals surface area contributed by atoms with Crippen LogP contribution in [-0.4, -0.2) is 36.1 Å². The van der Waals surface area contributed by atoms with Crippen molar-refractivity contribution in [3.05, 3.63) is 144 Å². The Kier molecular flexibility index (Phi) is 10.6. The lowest BCUT2D eigenvalue weighted by molar-refractivity contribution is -0.129. The molecular formula is C37H41N3O4. The van der Waals surface area contributed by atoms with Gasteiger partial charge in [0.1, 0.15) is 17.2 Å². The summed E-state index contributed by atoms with van der Waals surface area (Å²) in [6.45, 7) is 7.56. The molecule has 4 rings (SSSR count). The predicted molar refractivity (Wildman–Crippen MR) is 173 cm³/mol. The Morgan fingerprint density at radius 1 is 0.682 bits per heavy atom. The molecule has 44 heavy (non-hydrogen) atoms. The minimum atomic E-state index is -1.17. The molecule has 0 fully saturated rings. The lowest BCUT2D eigenvalue weighted by Gasteiger charge is -2.37. The zero-order valence-corrected chi connectivity index (χ0v) is 25.7. The Labute approximate surface area is 260 Å². The lowest BCUT2D eigenvalue weighted by atomic mass is 9.77. The topological polar surface area (TPSA) is 96.5 Å². The van der Waals surface area contributed by atoms with E-state index in [0.29, 0.717) is 6.54 Å². The van der Waals surface area contributed by atoms with Crippen LogP contribution in [0.15, 0.2) is 121 Å². The first kappa shape index (κ1) is 32.0. The smallest absolute Gasteiger partial charge is 0.408 e. The minimum absolute atomic E-state index is 0.0260. The first-order chi connectivity index (χ1) is 21.1. The molecule has 7 heteroatoms. The Morgan fingerprint density at radius 2 is 1.11 bits per heavy atom. The molecule has 0 spiro atoms. The van der Waals surface area contributed by atoms with Gasteiger partial charge >= 0.3 is 6.09 Å². The predicted octanol–water partition coefficient (Wildman–Crippen LogP) is 6.30. The zero-order valence-electron chi connectivity index (χ0n) is 25.7. The molecular weight excluding hydrogens is 550 g/mol. The highest BCUT2D eigenvalue weighted by atomic mass is 16.6. The molecule has 0 bridgehead atoms. The molecule has 0 unspecified atom stereocenters. The second kappa shape index (κ2) is 14.5.